The fraction of sp³-hybridized carbons (Fsp3) is 0.556. The molecule has 8 heteroatoms. The first-order valence-electron chi connectivity index (χ1n) is 9.14. The minimum atomic E-state index is -3.59. The van der Waals surface area contributed by atoms with Crippen molar-refractivity contribution >= 4 is 21.8 Å². The molecular formula is C18H24N4O3S. The Morgan fingerprint density at radius 1 is 1.23 bits per heavy atom. The van der Waals surface area contributed by atoms with Gasteiger partial charge in [-0.15, -0.1) is 4.40 Å². The number of sulfonamides is 1. The number of nitrogens with one attached hydrogen (secondary N) is 1. The topological polar surface area (TPSA) is 82.1 Å². The lowest BCUT2D eigenvalue weighted by atomic mass is 9.94. The van der Waals surface area contributed by atoms with Crippen molar-refractivity contribution in [1.29, 1.82) is 0 Å². The molecule has 1 aromatic rings. The highest BCUT2D eigenvalue weighted by atomic mass is 32.2. The first-order valence-corrected chi connectivity index (χ1v) is 10.6. The van der Waals surface area contributed by atoms with Crippen molar-refractivity contribution in [3.8, 4) is 0 Å². The lowest BCUT2D eigenvalue weighted by Crippen LogP contribution is -2.46. The van der Waals surface area contributed by atoms with E-state index >= 15 is 0 Å². The fourth-order valence-corrected chi connectivity index (χ4v) is 5.32. The molecule has 140 valence electrons. The van der Waals surface area contributed by atoms with E-state index in [1.54, 1.807) is 18.2 Å². The molecule has 1 unspecified atom stereocenters. The Labute approximate surface area is 154 Å². The maximum Gasteiger partial charge on any atom is 0.285 e. The maximum absolute atomic E-state index is 12.8. The minimum Gasteiger partial charge on any atom is -0.355 e. The van der Waals surface area contributed by atoms with Crippen molar-refractivity contribution in [2.75, 3.05) is 33.2 Å². The van der Waals surface area contributed by atoms with E-state index < -0.39 is 10.0 Å². The van der Waals surface area contributed by atoms with Crippen LogP contribution in [0.15, 0.2) is 33.6 Å². The lowest BCUT2D eigenvalue weighted by Gasteiger charge is -2.35. The van der Waals surface area contributed by atoms with E-state index in [1.807, 2.05) is 22.9 Å². The maximum atomic E-state index is 12.8. The van der Waals surface area contributed by atoms with Gasteiger partial charge in [-0.2, -0.15) is 8.42 Å². The second kappa shape index (κ2) is 6.66. The molecule has 0 aromatic heterocycles. The van der Waals surface area contributed by atoms with Crippen molar-refractivity contribution < 1.29 is 13.2 Å². The molecule has 2 saturated heterocycles. The molecule has 2 fully saturated rings. The zero-order chi connectivity index (χ0) is 18.3. The highest BCUT2D eigenvalue weighted by Gasteiger charge is 2.36. The first-order chi connectivity index (χ1) is 12.5. The molecule has 3 heterocycles. The van der Waals surface area contributed by atoms with Gasteiger partial charge in [-0.25, -0.2) is 0 Å². The molecule has 1 N–H and O–H groups in total. The number of amidine groups is 1. The normalized spacial score (nSPS) is 25.0. The number of amides is 1. The summed E-state index contributed by atoms with van der Waals surface area (Å²) < 4.78 is 28.5. The van der Waals surface area contributed by atoms with Crippen LogP contribution in [0.25, 0.3) is 0 Å². The molecular weight excluding hydrogens is 352 g/mol. The Morgan fingerprint density at radius 3 is 2.65 bits per heavy atom. The number of hydrogen-bond donors (Lipinski definition) is 1. The summed E-state index contributed by atoms with van der Waals surface area (Å²) >= 11 is 0. The Balaban J connectivity index is 1.44. The van der Waals surface area contributed by atoms with Crippen molar-refractivity contribution in [3.05, 3.63) is 29.8 Å². The third-order valence-electron chi connectivity index (χ3n) is 5.69. The number of rotatable bonds is 2. The molecule has 3 aliphatic heterocycles. The third kappa shape index (κ3) is 3.01. The van der Waals surface area contributed by atoms with Crippen LogP contribution in [0.3, 0.4) is 0 Å². The summed E-state index contributed by atoms with van der Waals surface area (Å²) in [7, 11) is -1.70. The van der Waals surface area contributed by atoms with Gasteiger partial charge in [-0.3, -0.25) is 4.79 Å². The van der Waals surface area contributed by atoms with Gasteiger partial charge < -0.3 is 15.1 Å². The molecule has 1 amide bonds. The van der Waals surface area contributed by atoms with E-state index in [0.29, 0.717) is 24.5 Å². The zero-order valence-corrected chi connectivity index (χ0v) is 15.7. The van der Waals surface area contributed by atoms with Gasteiger partial charge in [0.1, 0.15) is 4.90 Å². The number of carbonyl (C=O) groups excluding carboxylic acids is 1. The molecule has 0 aliphatic carbocycles. The molecule has 7 nitrogen and oxygen atoms in total. The van der Waals surface area contributed by atoms with E-state index in [1.165, 1.54) is 0 Å². The summed E-state index contributed by atoms with van der Waals surface area (Å²) in [6.45, 7) is 3.13. The van der Waals surface area contributed by atoms with E-state index in [4.69, 9.17) is 0 Å². The van der Waals surface area contributed by atoms with Crippen molar-refractivity contribution in [1.82, 2.24) is 15.1 Å². The average Bonchev–Trinajstić information content (AvgIpc) is 3.28. The summed E-state index contributed by atoms with van der Waals surface area (Å²) in [5, 5.41) is 3.30. The number of benzene rings is 1. The zero-order valence-electron chi connectivity index (χ0n) is 14.9. The van der Waals surface area contributed by atoms with Crippen LogP contribution in [-0.4, -0.2) is 69.2 Å². The number of hydrogen-bond acceptors (Lipinski definition) is 5. The third-order valence-corrected chi connectivity index (χ3v) is 7.01. The van der Waals surface area contributed by atoms with Gasteiger partial charge in [-0.05, 0) is 37.9 Å². The van der Waals surface area contributed by atoms with Crippen LogP contribution in [0.5, 0.6) is 0 Å². The number of likely N-dealkylation sites (N-methyl/N-ethyl adjacent to an activating group) is 1. The molecule has 26 heavy (non-hydrogen) atoms. The van der Waals surface area contributed by atoms with Crippen molar-refractivity contribution in [3.63, 3.8) is 0 Å². The van der Waals surface area contributed by atoms with Gasteiger partial charge in [-0.1, -0.05) is 12.1 Å². The van der Waals surface area contributed by atoms with Crippen LogP contribution in [-0.2, 0) is 14.8 Å². The van der Waals surface area contributed by atoms with Gasteiger partial charge in [0.25, 0.3) is 10.0 Å². The first kappa shape index (κ1) is 17.5. The van der Waals surface area contributed by atoms with Crippen LogP contribution >= 0.6 is 0 Å². The predicted molar refractivity (Wildman–Crippen MR) is 98.5 cm³/mol. The molecule has 4 rings (SSSR count). The number of likely N-dealkylation sites (tertiary alicyclic amines) is 1. The summed E-state index contributed by atoms with van der Waals surface area (Å²) in [5.74, 6) is 0.741. The Hall–Kier alpha value is -1.93. The molecule has 1 aromatic carbocycles. The summed E-state index contributed by atoms with van der Waals surface area (Å²) in [4.78, 5) is 16.9. The molecule has 0 spiro atoms. The van der Waals surface area contributed by atoms with E-state index in [-0.39, 0.29) is 22.8 Å². The van der Waals surface area contributed by atoms with Crippen molar-refractivity contribution in [2.45, 2.75) is 30.2 Å². The number of nitrogens with zero attached hydrogens (tertiary/aromatic N) is 3. The van der Waals surface area contributed by atoms with Crippen LogP contribution < -0.4 is 5.32 Å². The highest BCUT2D eigenvalue weighted by molar-refractivity contribution is 7.90. The fourth-order valence-electron chi connectivity index (χ4n) is 4.09. The molecule has 0 radical (unpaired) electrons. The number of fused-ring (bicyclic) bond motifs is 1. The van der Waals surface area contributed by atoms with Gasteiger partial charge in [0.05, 0.1) is 0 Å². The van der Waals surface area contributed by atoms with Gasteiger partial charge in [0.2, 0.25) is 5.91 Å². The second-order valence-electron chi connectivity index (χ2n) is 7.24. The smallest absolute Gasteiger partial charge is 0.285 e. The largest absolute Gasteiger partial charge is 0.355 e. The lowest BCUT2D eigenvalue weighted by molar-refractivity contribution is -0.137. The van der Waals surface area contributed by atoms with Crippen LogP contribution in [0.2, 0.25) is 0 Å². The minimum absolute atomic E-state index is 0.00528. The number of carbonyl (C=O) groups is 1. The van der Waals surface area contributed by atoms with Gasteiger partial charge in [0, 0.05) is 44.2 Å². The monoisotopic (exact) mass is 376 g/mol. The molecule has 0 bridgehead atoms. The molecule has 3 aliphatic rings. The van der Waals surface area contributed by atoms with Crippen LogP contribution in [0.4, 0.5) is 0 Å². The van der Waals surface area contributed by atoms with Crippen LogP contribution in [0, 0.1) is 5.92 Å². The van der Waals surface area contributed by atoms with Crippen LogP contribution in [0.1, 0.15) is 24.8 Å². The highest BCUT2D eigenvalue weighted by Crippen LogP contribution is 2.30. The SMILES string of the molecule is CN(C(=O)C1CCN(C2=NS(=O)(=O)c3ccccc32)CC1)C1CCNC1. The second-order valence-corrected chi connectivity index (χ2v) is 8.82. The molecule has 1 atom stereocenters. The summed E-state index contributed by atoms with van der Waals surface area (Å²) in [6, 6.07) is 7.24. The molecule has 0 saturated carbocycles. The predicted octanol–water partition coefficient (Wildman–Crippen LogP) is 0.668. The van der Waals surface area contributed by atoms with E-state index in [9.17, 15) is 13.2 Å². The Kier molecular flexibility index (Phi) is 4.48. The Bertz CT molecular complexity index is 838. The van der Waals surface area contributed by atoms with E-state index in [2.05, 4.69) is 9.71 Å². The summed E-state index contributed by atoms with van der Waals surface area (Å²) in [6.07, 6.45) is 2.46. The van der Waals surface area contributed by atoms with Gasteiger partial charge >= 0.3 is 0 Å². The standard InChI is InChI=1S/C18H24N4O3S/c1-21(14-6-9-19-12-14)18(23)13-7-10-22(11-8-13)17-15-4-2-3-5-16(15)26(24,25)20-17/h2-5,13-14,19H,6-12H2,1H3. The average molecular weight is 376 g/mol. The quantitative estimate of drug-likeness (QED) is 0.820. The number of piperidine rings is 1. The van der Waals surface area contributed by atoms with E-state index in [0.717, 1.165) is 32.4 Å². The van der Waals surface area contributed by atoms with Gasteiger partial charge in [0.15, 0.2) is 5.84 Å². The Morgan fingerprint density at radius 2 is 1.96 bits per heavy atom. The van der Waals surface area contributed by atoms with Crippen molar-refractivity contribution in [2.24, 2.45) is 10.3 Å². The summed E-state index contributed by atoms with van der Waals surface area (Å²) in [5.41, 5.74) is 0.673.